The molecule has 0 radical (unpaired) electrons. The van der Waals surface area contributed by atoms with Gasteiger partial charge in [0, 0.05) is 25.3 Å². The van der Waals surface area contributed by atoms with Crippen LogP contribution < -0.4 is 10.2 Å². The van der Waals surface area contributed by atoms with Crippen molar-refractivity contribution in [2.24, 2.45) is 4.99 Å². The van der Waals surface area contributed by atoms with Crippen LogP contribution in [0.1, 0.15) is 69.9 Å². The van der Waals surface area contributed by atoms with Crippen molar-refractivity contribution < 1.29 is 58.5 Å². The largest absolute Gasteiger partial charge is 0.469 e. The number of hydrogen-bond acceptors (Lipinski definition) is 7. The molecule has 1 aliphatic heterocycles. The smallest absolute Gasteiger partial charge is 0.425 e. The van der Waals surface area contributed by atoms with Gasteiger partial charge in [0.25, 0.3) is 0 Å². The number of amides is 1. The van der Waals surface area contributed by atoms with E-state index >= 15 is 0 Å². The van der Waals surface area contributed by atoms with Crippen LogP contribution in [0.5, 0.6) is 0 Å². The van der Waals surface area contributed by atoms with Gasteiger partial charge in [0.05, 0.1) is 6.61 Å². The number of hydrogen-bond donors (Lipinski definition) is 1. The number of nitrogens with one attached hydrogen (secondary N) is 1. The van der Waals surface area contributed by atoms with Gasteiger partial charge in [0.1, 0.15) is 29.1 Å². The number of aryl methyl sites for hydroxylation is 1. The number of ether oxygens (including phenoxy) is 3. The fraction of sp³-hybridized carbons (Fsp3) is 0.436. The van der Waals surface area contributed by atoms with Crippen molar-refractivity contribution >= 4 is 28.1 Å². The molecule has 2 aromatic carbocycles. The number of halogens is 9. The molecule has 0 bridgehead atoms. The quantitative estimate of drug-likeness (QED) is 0.106. The third kappa shape index (κ3) is 20.4. The number of carbonyl (C=O) groups is 1. The summed E-state index contributed by atoms with van der Waals surface area (Å²) in [6.45, 7) is 5.95. The zero-order valence-corrected chi connectivity index (χ0v) is 32.4. The van der Waals surface area contributed by atoms with E-state index in [1.165, 1.54) is 23.5 Å². The fourth-order valence-electron chi connectivity index (χ4n) is 4.20. The maximum Gasteiger partial charge on any atom is 0.425 e. The molecule has 0 aliphatic carbocycles. The number of aliphatic imine (C=N–C) groups is 1. The van der Waals surface area contributed by atoms with Crippen LogP contribution >= 0.6 is 11.3 Å². The summed E-state index contributed by atoms with van der Waals surface area (Å²) in [5.41, 5.74) is 0.570. The molecular formula is C39H46F9N3O4S. The number of thiophene rings is 1. The fourth-order valence-corrected chi connectivity index (χ4v) is 5.07. The number of anilines is 1. The SMILES string of the molecule is C#CCCC(=O)N(COCc1ccccc1)c1ccc(C(F)(F)F)s1.CC.CCC1=NC(C)(OCC(F)(F)F)C=C(OCC(F)(F)F)N1.CCc1ccccc1. The molecule has 310 valence electrons. The van der Waals surface area contributed by atoms with E-state index in [4.69, 9.17) is 11.2 Å². The predicted octanol–water partition coefficient (Wildman–Crippen LogP) is 11.1. The average molecular weight is 824 g/mol. The number of nitrogens with zero attached hydrogens (tertiary/aromatic N) is 2. The second-order valence-corrected chi connectivity index (χ2v) is 12.4. The molecule has 3 aromatic rings. The Hall–Kier alpha value is -4.53. The van der Waals surface area contributed by atoms with Crippen molar-refractivity contribution in [1.29, 1.82) is 0 Å². The Bertz CT molecular complexity index is 1670. The van der Waals surface area contributed by atoms with E-state index in [1.54, 1.807) is 6.92 Å². The molecular weight excluding hydrogens is 777 g/mol. The molecule has 2 heterocycles. The van der Waals surface area contributed by atoms with Crippen LogP contribution in [0.3, 0.4) is 0 Å². The first kappa shape index (κ1) is 49.5. The summed E-state index contributed by atoms with van der Waals surface area (Å²) in [5.74, 6) is 1.80. The minimum Gasteiger partial charge on any atom is -0.469 e. The van der Waals surface area contributed by atoms with Crippen LogP contribution in [0.4, 0.5) is 44.5 Å². The van der Waals surface area contributed by atoms with Gasteiger partial charge in [-0.15, -0.1) is 23.7 Å². The molecule has 0 saturated heterocycles. The lowest BCUT2D eigenvalue weighted by Crippen LogP contribution is -2.40. The van der Waals surface area contributed by atoms with E-state index < -0.39 is 42.3 Å². The standard InChI is InChI=1S/C18H16F3NO2S.C11H14F6N2O2.C8H10.C2H6/c1-2-3-9-16(23)22(13-24-12-14-7-5-4-6-8-14)17-11-10-15(25-17)18(19,20)21;1-3-7-18-8(20-5-10(12,13)14)4-9(2,19-7)21-6-11(15,16)17;1-2-8-6-4-3-5-7-8;1-2/h1,4-8,10-11H,3,9,12-13H2;4H,3,5-6H2,1-2H3,(H,18,19);3-7H,2H2,1H3;1-2H3. The van der Waals surface area contributed by atoms with Crippen molar-refractivity contribution in [2.45, 2.75) is 91.2 Å². The summed E-state index contributed by atoms with van der Waals surface area (Å²) in [4.78, 5) is 16.6. The van der Waals surface area contributed by atoms with Crippen LogP contribution in [-0.2, 0) is 38.2 Å². The summed E-state index contributed by atoms with van der Waals surface area (Å²) in [5, 5.41) is 2.64. The molecule has 1 aromatic heterocycles. The Labute approximate surface area is 325 Å². The maximum atomic E-state index is 12.8. The van der Waals surface area contributed by atoms with Gasteiger partial charge < -0.3 is 19.5 Å². The van der Waals surface area contributed by atoms with Crippen molar-refractivity contribution in [1.82, 2.24) is 5.32 Å². The lowest BCUT2D eigenvalue weighted by Gasteiger charge is -2.30. The van der Waals surface area contributed by atoms with Gasteiger partial charge in [-0.1, -0.05) is 88.4 Å². The minimum atomic E-state index is -4.57. The lowest BCUT2D eigenvalue weighted by molar-refractivity contribution is -0.194. The third-order valence-electron chi connectivity index (χ3n) is 6.78. The van der Waals surface area contributed by atoms with Crippen molar-refractivity contribution in [3.05, 3.63) is 101 Å². The van der Waals surface area contributed by atoms with Crippen molar-refractivity contribution in [3.8, 4) is 12.3 Å². The molecule has 0 saturated carbocycles. The molecule has 17 heteroatoms. The number of rotatable bonds is 13. The number of alkyl halides is 9. The molecule has 4 rings (SSSR count). The summed E-state index contributed by atoms with van der Waals surface area (Å²) < 4.78 is 126. The van der Waals surface area contributed by atoms with Crippen LogP contribution in [0.2, 0.25) is 0 Å². The molecule has 0 fully saturated rings. The highest BCUT2D eigenvalue weighted by molar-refractivity contribution is 7.16. The monoisotopic (exact) mass is 823 g/mol. The maximum absolute atomic E-state index is 12.8. The van der Waals surface area contributed by atoms with Crippen molar-refractivity contribution in [2.75, 3.05) is 24.8 Å². The third-order valence-corrected chi connectivity index (χ3v) is 7.94. The second-order valence-electron chi connectivity index (χ2n) is 11.4. The second kappa shape index (κ2) is 24.2. The topological polar surface area (TPSA) is 72.4 Å². The summed E-state index contributed by atoms with van der Waals surface area (Å²) in [7, 11) is 0. The van der Waals surface area contributed by atoms with Crippen LogP contribution in [-0.4, -0.2) is 49.8 Å². The first-order chi connectivity index (χ1) is 26.3. The predicted molar refractivity (Wildman–Crippen MR) is 200 cm³/mol. The highest BCUT2D eigenvalue weighted by Crippen LogP contribution is 2.38. The summed E-state index contributed by atoms with van der Waals surface area (Å²) in [6, 6.07) is 22.0. The molecule has 1 unspecified atom stereocenters. The van der Waals surface area contributed by atoms with Gasteiger partial charge in [0.15, 0.2) is 18.2 Å². The van der Waals surface area contributed by atoms with Crippen LogP contribution in [0.15, 0.2) is 89.7 Å². The van der Waals surface area contributed by atoms with Gasteiger partial charge in [0.2, 0.25) is 5.91 Å². The molecule has 0 spiro atoms. The van der Waals surface area contributed by atoms with E-state index in [2.05, 4.69) is 56.9 Å². The number of carbonyl (C=O) groups excluding carboxylic acids is 1. The Morgan fingerprint density at radius 2 is 1.43 bits per heavy atom. The van der Waals surface area contributed by atoms with E-state index in [-0.39, 0.29) is 55.2 Å². The minimum absolute atomic E-state index is 0.0461. The Kier molecular flexibility index (Phi) is 21.4. The van der Waals surface area contributed by atoms with Crippen molar-refractivity contribution in [3.63, 3.8) is 0 Å². The zero-order chi connectivity index (χ0) is 42.4. The first-order valence-electron chi connectivity index (χ1n) is 17.3. The summed E-state index contributed by atoms with van der Waals surface area (Å²) in [6.07, 6.45) is -5.83. The molecule has 1 aliphatic rings. The number of terminal acetylenes is 1. The average Bonchev–Trinajstić information content (AvgIpc) is 3.66. The van der Waals surface area contributed by atoms with E-state index in [0.717, 1.165) is 24.1 Å². The Morgan fingerprint density at radius 3 is 1.89 bits per heavy atom. The molecule has 7 nitrogen and oxygen atoms in total. The number of benzene rings is 2. The van der Waals surface area contributed by atoms with E-state index in [1.807, 2.05) is 50.2 Å². The van der Waals surface area contributed by atoms with Gasteiger partial charge in [-0.05, 0) is 36.6 Å². The number of amidine groups is 1. The Morgan fingerprint density at radius 1 is 0.857 bits per heavy atom. The van der Waals surface area contributed by atoms with Gasteiger partial charge in [-0.25, -0.2) is 4.99 Å². The molecule has 1 N–H and O–H groups in total. The van der Waals surface area contributed by atoms with Gasteiger partial charge >= 0.3 is 18.5 Å². The highest BCUT2D eigenvalue weighted by atomic mass is 32.1. The van der Waals surface area contributed by atoms with E-state index in [0.29, 0.717) is 11.3 Å². The first-order valence-corrected chi connectivity index (χ1v) is 18.1. The normalized spacial score (nSPS) is 15.1. The highest BCUT2D eigenvalue weighted by Gasteiger charge is 2.37. The molecule has 1 amide bonds. The molecule has 56 heavy (non-hydrogen) atoms. The van der Waals surface area contributed by atoms with Gasteiger partial charge in [-0.2, -0.15) is 39.5 Å². The van der Waals surface area contributed by atoms with Crippen LogP contribution in [0.25, 0.3) is 0 Å². The lowest BCUT2D eigenvalue weighted by atomic mass is 10.2. The zero-order valence-electron chi connectivity index (χ0n) is 31.6. The summed E-state index contributed by atoms with van der Waals surface area (Å²) >= 11 is 0.504. The van der Waals surface area contributed by atoms with Gasteiger partial charge in [-0.3, -0.25) is 9.69 Å². The van der Waals surface area contributed by atoms with E-state index in [9.17, 15) is 44.3 Å². The Balaban J connectivity index is 0.000000455. The molecule has 1 atom stereocenters. The van der Waals surface area contributed by atoms with Crippen LogP contribution in [0, 0.1) is 12.3 Å².